The fourth-order valence-corrected chi connectivity index (χ4v) is 5.14. The Hall–Kier alpha value is -2.30. The first-order chi connectivity index (χ1) is 12.3. The maximum atomic E-state index is 12.8. The zero-order valence-corrected chi connectivity index (χ0v) is 15.6. The highest BCUT2D eigenvalue weighted by Crippen LogP contribution is 2.28. The van der Waals surface area contributed by atoms with Gasteiger partial charge in [-0.05, 0) is 25.1 Å². The molecule has 8 nitrogen and oxygen atoms in total. The minimum Gasteiger partial charge on any atom is -0.361 e. The molecule has 1 fully saturated rings. The van der Waals surface area contributed by atoms with Gasteiger partial charge in [0.25, 0.3) is 5.69 Å². The summed E-state index contributed by atoms with van der Waals surface area (Å²) in [6, 6.07) is 7.56. The third-order valence-corrected chi connectivity index (χ3v) is 7.26. The summed E-state index contributed by atoms with van der Waals surface area (Å²) in [7, 11) is -3.79. The first-order valence-electron chi connectivity index (χ1n) is 7.88. The number of piperazine rings is 1. The third kappa shape index (κ3) is 3.48. The Morgan fingerprint density at radius 1 is 1.15 bits per heavy atom. The molecule has 2 heterocycles. The molecule has 26 heavy (non-hydrogen) atoms. The molecule has 1 saturated heterocycles. The molecule has 0 unspecified atom stereocenters. The fraction of sp³-hybridized carbons (Fsp3) is 0.312. The van der Waals surface area contributed by atoms with Crippen LogP contribution < -0.4 is 4.90 Å². The zero-order valence-electron chi connectivity index (χ0n) is 14.0. The Bertz CT molecular complexity index is 947. The van der Waals surface area contributed by atoms with Gasteiger partial charge < -0.3 is 4.90 Å². The van der Waals surface area contributed by atoms with E-state index >= 15 is 0 Å². The van der Waals surface area contributed by atoms with Crippen molar-refractivity contribution in [2.45, 2.75) is 11.8 Å². The van der Waals surface area contributed by atoms with Crippen LogP contribution in [0.2, 0.25) is 0 Å². The highest BCUT2D eigenvalue weighted by atomic mass is 32.2. The standard InChI is InChI=1S/C16H17N3O5S2/c1-12-2-4-14(10-15(12)19(21)22)26(23,24)18-8-6-17(7-9-18)16-5-3-13(11-20)25-16/h2-5,10-11H,6-9H2,1H3. The molecule has 0 spiro atoms. The van der Waals surface area contributed by atoms with Crippen LogP contribution in [0.5, 0.6) is 0 Å². The summed E-state index contributed by atoms with van der Waals surface area (Å²) in [5.74, 6) is 0. The number of hydrogen-bond acceptors (Lipinski definition) is 7. The first-order valence-corrected chi connectivity index (χ1v) is 10.1. The molecule has 1 aromatic carbocycles. The fourth-order valence-electron chi connectivity index (χ4n) is 2.82. The van der Waals surface area contributed by atoms with Crippen LogP contribution in [0.1, 0.15) is 15.2 Å². The van der Waals surface area contributed by atoms with E-state index in [1.54, 1.807) is 13.0 Å². The van der Waals surface area contributed by atoms with Crippen LogP contribution >= 0.6 is 11.3 Å². The van der Waals surface area contributed by atoms with Gasteiger partial charge in [-0.25, -0.2) is 8.42 Å². The molecular weight excluding hydrogens is 378 g/mol. The molecule has 0 radical (unpaired) electrons. The lowest BCUT2D eigenvalue weighted by Gasteiger charge is -2.34. The number of thiophene rings is 1. The van der Waals surface area contributed by atoms with E-state index in [0.717, 1.165) is 17.4 Å². The Balaban J connectivity index is 1.76. The lowest BCUT2D eigenvalue weighted by Crippen LogP contribution is -2.48. The van der Waals surface area contributed by atoms with Gasteiger partial charge in [-0.3, -0.25) is 14.9 Å². The van der Waals surface area contributed by atoms with Crippen molar-refractivity contribution >= 4 is 38.3 Å². The molecule has 0 N–H and O–H groups in total. The van der Waals surface area contributed by atoms with E-state index in [2.05, 4.69) is 0 Å². The van der Waals surface area contributed by atoms with Crippen molar-refractivity contribution in [2.24, 2.45) is 0 Å². The Kier molecular flexibility index (Phi) is 5.08. The second-order valence-corrected chi connectivity index (χ2v) is 8.92. The number of carbonyl (C=O) groups is 1. The van der Waals surface area contributed by atoms with Gasteiger partial charge in [-0.15, -0.1) is 11.3 Å². The molecule has 1 aromatic heterocycles. The van der Waals surface area contributed by atoms with Crippen LogP contribution in [-0.2, 0) is 10.0 Å². The Labute approximate surface area is 154 Å². The van der Waals surface area contributed by atoms with Gasteiger partial charge in [0.1, 0.15) is 0 Å². The smallest absolute Gasteiger partial charge is 0.273 e. The quantitative estimate of drug-likeness (QED) is 0.437. The number of aldehydes is 1. The third-order valence-electron chi connectivity index (χ3n) is 4.29. The second-order valence-electron chi connectivity index (χ2n) is 5.89. The van der Waals surface area contributed by atoms with E-state index in [-0.39, 0.29) is 23.7 Å². The van der Waals surface area contributed by atoms with E-state index in [4.69, 9.17) is 0 Å². The van der Waals surface area contributed by atoms with Crippen LogP contribution in [0.15, 0.2) is 35.2 Å². The lowest BCUT2D eigenvalue weighted by atomic mass is 10.2. The molecule has 0 amide bonds. The molecule has 10 heteroatoms. The normalized spacial score (nSPS) is 15.8. The average molecular weight is 395 g/mol. The largest absolute Gasteiger partial charge is 0.361 e. The topological polar surface area (TPSA) is 101 Å². The number of aryl methyl sites for hydroxylation is 1. The van der Waals surface area contributed by atoms with E-state index in [9.17, 15) is 23.3 Å². The predicted octanol–water partition coefficient (Wildman–Crippen LogP) is 2.29. The van der Waals surface area contributed by atoms with Crippen molar-refractivity contribution in [1.82, 2.24) is 4.31 Å². The van der Waals surface area contributed by atoms with Gasteiger partial charge in [0.05, 0.1) is 19.7 Å². The number of hydrogen-bond donors (Lipinski definition) is 0. The van der Waals surface area contributed by atoms with Crippen LogP contribution in [0.3, 0.4) is 0 Å². The molecule has 3 rings (SSSR count). The van der Waals surface area contributed by atoms with E-state index < -0.39 is 14.9 Å². The summed E-state index contributed by atoms with van der Waals surface area (Å²) in [4.78, 5) is 23.9. The molecule has 0 saturated carbocycles. The minimum atomic E-state index is -3.79. The van der Waals surface area contributed by atoms with Gasteiger partial charge in [0, 0.05) is 37.8 Å². The summed E-state index contributed by atoms with van der Waals surface area (Å²) in [5.41, 5.74) is 0.215. The highest BCUT2D eigenvalue weighted by Gasteiger charge is 2.30. The number of rotatable bonds is 5. The summed E-state index contributed by atoms with van der Waals surface area (Å²) in [6.07, 6.45) is 0.791. The predicted molar refractivity (Wildman–Crippen MR) is 98.5 cm³/mol. The number of nitrogens with zero attached hydrogens (tertiary/aromatic N) is 3. The maximum absolute atomic E-state index is 12.8. The van der Waals surface area contributed by atoms with Gasteiger partial charge >= 0.3 is 0 Å². The minimum absolute atomic E-state index is 0.0670. The molecular formula is C16H17N3O5S2. The number of nitro benzene ring substituents is 1. The molecule has 2 aromatic rings. The van der Waals surface area contributed by atoms with Crippen LogP contribution in [0, 0.1) is 17.0 Å². The Morgan fingerprint density at radius 3 is 2.42 bits per heavy atom. The van der Waals surface area contributed by atoms with Crippen molar-refractivity contribution in [2.75, 3.05) is 31.1 Å². The van der Waals surface area contributed by atoms with Gasteiger partial charge in [0.15, 0.2) is 6.29 Å². The molecule has 1 aliphatic heterocycles. The monoisotopic (exact) mass is 395 g/mol. The molecule has 0 atom stereocenters. The van der Waals surface area contributed by atoms with Crippen LogP contribution in [0.4, 0.5) is 10.7 Å². The number of nitro groups is 1. The molecule has 1 aliphatic rings. The highest BCUT2D eigenvalue weighted by molar-refractivity contribution is 7.89. The van der Waals surface area contributed by atoms with E-state index in [0.29, 0.717) is 23.5 Å². The SMILES string of the molecule is Cc1ccc(S(=O)(=O)N2CCN(c3ccc(C=O)s3)CC2)cc1[N+](=O)[O-]. The van der Waals surface area contributed by atoms with E-state index in [1.807, 2.05) is 11.0 Å². The van der Waals surface area contributed by atoms with Crippen molar-refractivity contribution in [3.05, 3.63) is 50.9 Å². The second kappa shape index (κ2) is 7.14. The summed E-state index contributed by atoms with van der Waals surface area (Å²) in [6.45, 7) is 3.11. The van der Waals surface area contributed by atoms with Crippen molar-refractivity contribution in [3.63, 3.8) is 0 Å². The van der Waals surface area contributed by atoms with E-state index in [1.165, 1.54) is 27.8 Å². The number of anilines is 1. The van der Waals surface area contributed by atoms with Crippen LogP contribution in [-0.4, -0.2) is 50.1 Å². The van der Waals surface area contributed by atoms with Crippen molar-refractivity contribution in [3.8, 4) is 0 Å². The first kappa shape index (κ1) is 18.5. The van der Waals surface area contributed by atoms with Crippen LogP contribution in [0.25, 0.3) is 0 Å². The molecule has 0 bridgehead atoms. The zero-order chi connectivity index (χ0) is 18.9. The number of carbonyl (C=O) groups excluding carboxylic acids is 1. The van der Waals surface area contributed by atoms with Crippen molar-refractivity contribution < 1.29 is 18.1 Å². The molecule has 0 aliphatic carbocycles. The van der Waals surface area contributed by atoms with Gasteiger partial charge in [0.2, 0.25) is 10.0 Å². The van der Waals surface area contributed by atoms with Crippen molar-refractivity contribution in [1.29, 1.82) is 0 Å². The number of sulfonamides is 1. The van der Waals surface area contributed by atoms with Gasteiger partial charge in [-0.1, -0.05) is 6.07 Å². The Morgan fingerprint density at radius 2 is 1.85 bits per heavy atom. The summed E-state index contributed by atoms with van der Waals surface area (Å²) >= 11 is 1.37. The maximum Gasteiger partial charge on any atom is 0.273 e. The average Bonchev–Trinajstić information content (AvgIpc) is 3.11. The van der Waals surface area contributed by atoms with Gasteiger partial charge in [-0.2, -0.15) is 4.31 Å². The molecule has 138 valence electrons. The lowest BCUT2D eigenvalue weighted by molar-refractivity contribution is -0.385. The number of benzene rings is 1. The summed E-state index contributed by atoms with van der Waals surface area (Å²) < 4.78 is 27.0. The summed E-state index contributed by atoms with van der Waals surface area (Å²) in [5, 5.41) is 12.0.